The summed E-state index contributed by atoms with van der Waals surface area (Å²) in [6.07, 6.45) is 1.41. The van der Waals surface area contributed by atoms with Crippen LogP contribution in [0, 0.1) is 6.92 Å². The molecule has 0 aliphatic carbocycles. The van der Waals surface area contributed by atoms with Crippen molar-refractivity contribution in [2.24, 2.45) is 5.10 Å². The molecule has 3 rings (SSSR count). The van der Waals surface area contributed by atoms with E-state index in [1.807, 2.05) is 37.3 Å². The maximum atomic E-state index is 12.4. The van der Waals surface area contributed by atoms with Gasteiger partial charge in [0.1, 0.15) is 6.61 Å². The fraction of sp³-hybridized carbons (Fsp3) is 0.136. The molecule has 0 aliphatic rings. The maximum Gasteiger partial charge on any atom is 0.276 e. The topological polar surface area (TPSA) is 77.0 Å². The van der Waals surface area contributed by atoms with Crippen molar-refractivity contribution in [3.8, 4) is 11.5 Å². The van der Waals surface area contributed by atoms with Crippen molar-refractivity contribution >= 4 is 32.2 Å². The molecule has 0 unspecified atom stereocenters. The summed E-state index contributed by atoms with van der Waals surface area (Å²) in [4.78, 5) is 2.37. The Kier molecular flexibility index (Phi) is 7.12. The Balaban J connectivity index is 1.77. The van der Waals surface area contributed by atoms with Gasteiger partial charge in [-0.05, 0) is 52.7 Å². The van der Waals surface area contributed by atoms with Gasteiger partial charge in [0.2, 0.25) is 0 Å². The first kappa shape index (κ1) is 21.9. The number of ether oxygens (including phenoxy) is 2. The highest BCUT2D eigenvalue weighted by atomic mass is 79.9. The number of nitrogens with one attached hydrogen (secondary N) is 1. The first-order valence-electron chi connectivity index (χ1n) is 9.05. The molecule has 0 amide bonds. The van der Waals surface area contributed by atoms with E-state index in [-0.39, 0.29) is 4.90 Å². The summed E-state index contributed by atoms with van der Waals surface area (Å²) < 4.78 is 36.7. The molecule has 1 N–H and O–H groups in total. The number of methoxy groups -OCH3 is 1. The highest BCUT2D eigenvalue weighted by Gasteiger charge is 2.13. The minimum Gasteiger partial charge on any atom is -0.493 e. The van der Waals surface area contributed by atoms with Gasteiger partial charge in [-0.3, -0.25) is 0 Å². The average molecular weight is 489 g/mol. The van der Waals surface area contributed by atoms with Crippen molar-refractivity contribution in [1.29, 1.82) is 0 Å². The lowest BCUT2D eigenvalue weighted by atomic mass is 10.2. The molecule has 30 heavy (non-hydrogen) atoms. The van der Waals surface area contributed by atoms with E-state index in [0.717, 1.165) is 11.1 Å². The van der Waals surface area contributed by atoms with Crippen molar-refractivity contribution in [2.75, 3.05) is 7.11 Å². The molecule has 156 valence electrons. The van der Waals surface area contributed by atoms with Crippen LogP contribution in [0.2, 0.25) is 0 Å². The Morgan fingerprint density at radius 3 is 2.40 bits per heavy atom. The van der Waals surface area contributed by atoms with Gasteiger partial charge in [0.15, 0.2) is 11.5 Å². The Morgan fingerprint density at radius 2 is 1.73 bits per heavy atom. The van der Waals surface area contributed by atoms with E-state index in [0.29, 0.717) is 28.1 Å². The molecule has 3 aromatic rings. The number of aryl methyl sites for hydroxylation is 1. The molecule has 0 saturated heterocycles. The minimum absolute atomic E-state index is 0.144. The highest BCUT2D eigenvalue weighted by molar-refractivity contribution is 9.10. The van der Waals surface area contributed by atoms with Crippen LogP contribution in [-0.2, 0) is 16.6 Å². The number of hydrogen-bond acceptors (Lipinski definition) is 5. The zero-order valence-electron chi connectivity index (χ0n) is 16.5. The molecule has 0 spiro atoms. The fourth-order valence-corrected chi connectivity index (χ4v) is 3.81. The molecule has 0 atom stereocenters. The first-order valence-corrected chi connectivity index (χ1v) is 11.3. The quantitative estimate of drug-likeness (QED) is 0.369. The third kappa shape index (κ3) is 5.61. The van der Waals surface area contributed by atoms with Gasteiger partial charge >= 0.3 is 0 Å². The van der Waals surface area contributed by atoms with Crippen molar-refractivity contribution in [3.63, 3.8) is 0 Å². The Hall–Kier alpha value is -2.84. The third-order valence-corrected chi connectivity index (χ3v) is 6.15. The maximum absolute atomic E-state index is 12.4. The van der Waals surface area contributed by atoms with E-state index in [4.69, 9.17) is 9.47 Å². The lowest BCUT2D eigenvalue weighted by molar-refractivity contribution is 0.284. The minimum atomic E-state index is -3.75. The lowest BCUT2D eigenvalue weighted by Gasteiger charge is -2.13. The van der Waals surface area contributed by atoms with Gasteiger partial charge in [0.05, 0.1) is 18.2 Å². The van der Waals surface area contributed by atoms with E-state index in [1.165, 1.54) is 18.3 Å². The van der Waals surface area contributed by atoms with E-state index in [9.17, 15) is 8.42 Å². The molecule has 0 saturated carbocycles. The number of hydrogen-bond donors (Lipinski definition) is 1. The van der Waals surface area contributed by atoms with Crippen molar-refractivity contribution in [2.45, 2.75) is 18.4 Å². The normalized spacial score (nSPS) is 11.4. The van der Waals surface area contributed by atoms with Crippen molar-refractivity contribution < 1.29 is 17.9 Å². The van der Waals surface area contributed by atoms with Crippen LogP contribution in [0.15, 0.2) is 81.2 Å². The number of nitrogens with zero attached hydrogens (tertiary/aromatic N) is 1. The monoisotopic (exact) mass is 488 g/mol. The summed E-state index contributed by atoms with van der Waals surface area (Å²) >= 11 is 3.45. The number of halogens is 1. The summed E-state index contributed by atoms with van der Waals surface area (Å²) in [5, 5.41) is 3.90. The molecule has 0 aliphatic heterocycles. The molecule has 0 fully saturated rings. The summed E-state index contributed by atoms with van der Waals surface area (Å²) in [7, 11) is -2.19. The number of hydrazone groups is 1. The number of sulfonamides is 1. The molecule has 0 bridgehead atoms. The van der Waals surface area contributed by atoms with Gasteiger partial charge in [-0.25, -0.2) is 4.83 Å². The zero-order chi connectivity index (χ0) is 21.6. The highest BCUT2D eigenvalue weighted by Crippen LogP contribution is 2.33. The molecule has 3 aromatic carbocycles. The third-order valence-electron chi connectivity index (χ3n) is 4.23. The standard InChI is InChI=1S/C22H21BrN2O4S/c1-16-8-10-19(11-9-16)30(26,27)25-24-14-18-12-22(21(28-2)13-20(18)23)29-15-17-6-4-3-5-7-17/h3-14,25H,15H2,1-2H3/b24-14-. The fourth-order valence-electron chi connectivity index (χ4n) is 2.59. The predicted molar refractivity (Wildman–Crippen MR) is 121 cm³/mol. The smallest absolute Gasteiger partial charge is 0.276 e. The van der Waals surface area contributed by atoms with Gasteiger partial charge in [0, 0.05) is 10.0 Å². The predicted octanol–water partition coefficient (Wildman–Crippen LogP) is 4.66. The van der Waals surface area contributed by atoms with Crippen LogP contribution in [0.1, 0.15) is 16.7 Å². The largest absolute Gasteiger partial charge is 0.493 e. The van der Waals surface area contributed by atoms with E-state index in [1.54, 1.807) is 31.4 Å². The molecule has 6 nitrogen and oxygen atoms in total. The van der Waals surface area contributed by atoms with Gasteiger partial charge in [-0.2, -0.15) is 13.5 Å². The zero-order valence-corrected chi connectivity index (χ0v) is 18.9. The van der Waals surface area contributed by atoms with Crippen LogP contribution in [-0.4, -0.2) is 21.7 Å². The Labute approximate surface area is 184 Å². The summed E-state index contributed by atoms with van der Waals surface area (Å²) in [6.45, 7) is 2.26. The van der Waals surface area contributed by atoms with Crippen molar-refractivity contribution in [3.05, 3.63) is 87.9 Å². The van der Waals surface area contributed by atoms with Crippen molar-refractivity contribution in [1.82, 2.24) is 4.83 Å². The van der Waals surface area contributed by atoms with E-state index >= 15 is 0 Å². The van der Waals surface area contributed by atoms with Crippen LogP contribution >= 0.6 is 15.9 Å². The van der Waals surface area contributed by atoms with Crippen LogP contribution in [0.25, 0.3) is 0 Å². The SMILES string of the molecule is COc1cc(Br)c(/C=N\NS(=O)(=O)c2ccc(C)cc2)cc1OCc1ccccc1. The molecular formula is C22H21BrN2O4S. The number of benzene rings is 3. The second-order valence-electron chi connectivity index (χ2n) is 6.46. The molecule has 0 heterocycles. The average Bonchev–Trinajstić information content (AvgIpc) is 2.74. The van der Waals surface area contributed by atoms with E-state index < -0.39 is 10.0 Å². The van der Waals surface area contributed by atoms with Crippen LogP contribution in [0.4, 0.5) is 0 Å². The van der Waals surface area contributed by atoms with Crippen LogP contribution < -0.4 is 14.3 Å². The van der Waals surface area contributed by atoms with Crippen LogP contribution in [0.5, 0.6) is 11.5 Å². The number of rotatable bonds is 8. The molecule has 8 heteroatoms. The lowest BCUT2D eigenvalue weighted by Crippen LogP contribution is -2.18. The summed E-state index contributed by atoms with van der Waals surface area (Å²) in [6, 6.07) is 19.8. The molecule has 0 aromatic heterocycles. The summed E-state index contributed by atoms with van der Waals surface area (Å²) in [5.74, 6) is 1.07. The second-order valence-corrected chi connectivity index (χ2v) is 8.98. The van der Waals surface area contributed by atoms with Gasteiger partial charge < -0.3 is 9.47 Å². The molecular weight excluding hydrogens is 468 g/mol. The Bertz CT molecular complexity index is 1130. The van der Waals surface area contributed by atoms with Gasteiger partial charge in [0.25, 0.3) is 10.0 Å². The van der Waals surface area contributed by atoms with E-state index in [2.05, 4.69) is 25.9 Å². The first-order chi connectivity index (χ1) is 14.4. The Morgan fingerprint density at radius 1 is 1.03 bits per heavy atom. The van der Waals surface area contributed by atoms with Crippen LogP contribution in [0.3, 0.4) is 0 Å². The molecule has 0 radical (unpaired) electrons. The van der Waals surface area contributed by atoms with Gasteiger partial charge in [-0.1, -0.05) is 48.0 Å². The summed E-state index contributed by atoms with van der Waals surface area (Å²) in [5.41, 5.74) is 2.62. The van der Waals surface area contributed by atoms with Gasteiger partial charge in [-0.15, -0.1) is 0 Å². The second kappa shape index (κ2) is 9.77.